The molecule has 0 bridgehead atoms. The van der Waals surface area contributed by atoms with Crippen LogP contribution in [-0.2, 0) is 4.79 Å². The largest absolute Gasteiger partial charge is 0.352 e. The molecule has 3 heteroatoms. The zero-order chi connectivity index (χ0) is 12.9. The van der Waals surface area contributed by atoms with Crippen molar-refractivity contribution in [2.45, 2.75) is 54.0 Å². The molecule has 0 heterocycles. The van der Waals surface area contributed by atoms with Gasteiger partial charge in [0.15, 0.2) is 0 Å². The first-order valence-corrected chi connectivity index (χ1v) is 6.18. The molecule has 0 radical (unpaired) electrons. The third-order valence-corrected chi connectivity index (χ3v) is 3.38. The minimum Gasteiger partial charge on any atom is -0.352 e. The Labute approximate surface area is 100 Å². The number of hydrogen-bond donors (Lipinski definition) is 2. The van der Waals surface area contributed by atoms with Crippen molar-refractivity contribution in [3.8, 4) is 0 Å². The molecule has 0 saturated heterocycles. The number of amides is 1. The smallest absolute Gasteiger partial charge is 0.220 e. The highest BCUT2D eigenvalue weighted by Crippen LogP contribution is 2.27. The van der Waals surface area contributed by atoms with Crippen molar-refractivity contribution in [3.05, 3.63) is 0 Å². The number of carbonyl (C=O) groups excluding carboxylic acids is 1. The quantitative estimate of drug-likeness (QED) is 0.757. The number of rotatable bonds is 5. The molecule has 3 nitrogen and oxygen atoms in total. The molecule has 0 aliphatic rings. The van der Waals surface area contributed by atoms with Crippen LogP contribution in [0.25, 0.3) is 0 Å². The molecule has 0 fully saturated rings. The van der Waals surface area contributed by atoms with Crippen LogP contribution in [0.15, 0.2) is 0 Å². The summed E-state index contributed by atoms with van der Waals surface area (Å²) in [5, 5.41) is 3.01. The third kappa shape index (κ3) is 5.50. The Morgan fingerprint density at radius 3 is 2.06 bits per heavy atom. The molecule has 2 atom stereocenters. The summed E-state index contributed by atoms with van der Waals surface area (Å²) in [6, 6.07) is 0.0969. The van der Waals surface area contributed by atoms with Crippen LogP contribution in [0.1, 0.15) is 48.0 Å². The van der Waals surface area contributed by atoms with E-state index in [0.29, 0.717) is 24.8 Å². The van der Waals surface area contributed by atoms with Crippen LogP contribution < -0.4 is 11.1 Å². The molecule has 16 heavy (non-hydrogen) atoms. The van der Waals surface area contributed by atoms with Crippen molar-refractivity contribution < 1.29 is 4.79 Å². The molecule has 0 aliphatic carbocycles. The van der Waals surface area contributed by atoms with E-state index in [-0.39, 0.29) is 17.4 Å². The summed E-state index contributed by atoms with van der Waals surface area (Å²) in [5.41, 5.74) is 5.80. The van der Waals surface area contributed by atoms with Crippen molar-refractivity contribution in [3.63, 3.8) is 0 Å². The molecule has 0 aromatic heterocycles. The van der Waals surface area contributed by atoms with Crippen LogP contribution in [0, 0.1) is 17.3 Å². The summed E-state index contributed by atoms with van der Waals surface area (Å²) >= 11 is 0. The van der Waals surface area contributed by atoms with E-state index in [1.807, 2.05) is 0 Å². The Kier molecular flexibility index (Phi) is 6.01. The average Bonchev–Trinajstić information content (AvgIpc) is 2.11. The van der Waals surface area contributed by atoms with Crippen LogP contribution in [0.5, 0.6) is 0 Å². The normalized spacial score (nSPS) is 16.0. The lowest BCUT2D eigenvalue weighted by Crippen LogP contribution is -2.44. The first kappa shape index (κ1) is 15.4. The van der Waals surface area contributed by atoms with Crippen molar-refractivity contribution in [1.29, 1.82) is 0 Å². The fourth-order valence-electron chi connectivity index (χ4n) is 1.35. The van der Waals surface area contributed by atoms with E-state index in [0.717, 1.165) is 0 Å². The number of hydrogen-bond acceptors (Lipinski definition) is 2. The van der Waals surface area contributed by atoms with Gasteiger partial charge in [0.2, 0.25) is 5.91 Å². The summed E-state index contributed by atoms with van der Waals surface area (Å²) in [6.07, 6.45) is 0.576. The Hall–Kier alpha value is -0.570. The highest BCUT2D eigenvalue weighted by Gasteiger charge is 2.23. The maximum Gasteiger partial charge on any atom is 0.220 e. The Morgan fingerprint density at radius 2 is 1.75 bits per heavy atom. The number of nitrogens with one attached hydrogen (secondary N) is 1. The molecule has 0 rings (SSSR count). The number of nitrogens with two attached hydrogens (primary N) is 1. The lowest BCUT2D eigenvalue weighted by molar-refractivity contribution is -0.123. The third-order valence-electron chi connectivity index (χ3n) is 3.38. The van der Waals surface area contributed by atoms with Gasteiger partial charge in [0.1, 0.15) is 0 Å². The van der Waals surface area contributed by atoms with Crippen LogP contribution in [0.3, 0.4) is 0 Å². The molecule has 0 spiro atoms. The van der Waals surface area contributed by atoms with Gasteiger partial charge in [-0.05, 0) is 17.3 Å². The van der Waals surface area contributed by atoms with Crippen LogP contribution in [0.4, 0.5) is 0 Å². The van der Waals surface area contributed by atoms with E-state index in [1.165, 1.54) is 0 Å². The van der Waals surface area contributed by atoms with Crippen molar-refractivity contribution >= 4 is 5.91 Å². The highest BCUT2D eigenvalue weighted by atomic mass is 16.1. The standard InChI is InChI=1S/C13H28N2O/c1-9(2)11(8-14)15-12(16)7-10(3)13(4,5)6/h9-11H,7-8,14H2,1-6H3,(H,15,16). The fraction of sp³-hybridized carbons (Fsp3) is 0.923. The van der Waals surface area contributed by atoms with Gasteiger partial charge in [0, 0.05) is 19.0 Å². The van der Waals surface area contributed by atoms with Gasteiger partial charge in [0.05, 0.1) is 0 Å². The van der Waals surface area contributed by atoms with Crippen LogP contribution >= 0.6 is 0 Å². The predicted molar refractivity (Wildman–Crippen MR) is 69.1 cm³/mol. The van der Waals surface area contributed by atoms with E-state index in [4.69, 9.17) is 5.73 Å². The maximum atomic E-state index is 11.8. The molecular formula is C13H28N2O. The minimum absolute atomic E-state index is 0.0969. The molecule has 0 aromatic carbocycles. The average molecular weight is 228 g/mol. The molecule has 2 unspecified atom stereocenters. The van der Waals surface area contributed by atoms with Gasteiger partial charge in [-0.3, -0.25) is 4.79 Å². The summed E-state index contributed by atoms with van der Waals surface area (Å²) in [7, 11) is 0. The molecule has 1 amide bonds. The molecule has 3 N–H and O–H groups in total. The van der Waals surface area contributed by atoms with E-state index in [9.17, 15) is 4.79 Å². The highest BCUT2D eigenvalue weighted by molar-refractivity contribution is 5.76. The number of carbonyl (C=O) groups is 1. The van der Waals surface area contributed by atoms with Crippen molar-refractivity contribution in [1.82, 2.24) is 5.32 Å². The first-order valence-electron chi connectivity index (χ1n) is 6.18. The van der Waals surface area contributed by atoms with Crippen molar-refractivity contribution in [2.24, 2.45) is 23.0 Å². The summed E-state index contributed by atoms with van der Waals surface area (Å²) < 4.78 is 0. The monoisotopic (exact) mass is 228 g/mol. The van der Waals surface area contributed by atoms with Gasteiger partial charge in [-0.25, -0.2) is 0 Å². The Balaban J connectivity index is 4.18. The van der Waals surface area contributed by atoms with Gasteiger partial charge in [-0.1, -0.05) is 41.5 Å². The second kappa shape index (κ2) is 6.24. The Morgan fingerprint density at radius 1 is 1.25 bits per heavy atom. The lowest BCUT2D eigenvalue weighted by Gasteiger charge is -2.28. The van der Waals surface area contributed by atoms with Gasteiger partial charge < -0.3 is 11.1 Å². The van der Waals surface area contributed by atoms with Crippen LogP contribution in [0.2, 0.25) is 0 Å². The van der Waals surface area contributed by atoms with Crippen LogP contribution in [-0.4, -0.2) is 18.5 Å². The molecule has 96 valence electrons. The summed E-state index contributed by atoms with van der Waals surface area (Å²) in [5.74, 6) is 0.878. The maximum absolute atomic E-state index is 11.8. The molecule has 0 aliphatic heterocycles. The molecule has 0 saturated carbocycles. The zero-order valence-corrected chi connectivity index (χ0v) is 11.6. The van der Waals surface area contributed by atoms with Gasteiger partial charge in [-0.2, -0.15) is 0 Å². The Bertz CT molecular complexity index is 212. The minimum atomic E-state index is 0.0969. The SMILES string of the molecule is CC(C)C(CN)NC(=O)CC(C)C(C)(C)C. The second-order valence-corrected chi connectivity index (χ2v) is 6.12. The van der Waals surface area contributed by atoms with E-state index in [2.05, 4.69) is 46.9 Å². The van der Waals surface area contributed by atoms with E-state index >= 15 is 0 Å². The van der Waals surface area contributed by atoms with Crippen molar-refractivity contribution in [2.75, 3.05) is 6.54 Å². The molecular weight excluding hydrogens is 200 g/mol. The summed E-state index contributed by atoms with van der Waals surface area (Å²) in [6.45, 7) is 13.3. The zero-order valence-electron chi connectivity index (χ0n) is 11.6. The lowest BCUT2D eigenvalue weighted by atomic mass is 9.80. The second-order valence-electron chi connectivity index (χ2n) is 6.12. The topological polar surface area (TPSA) is 55.1 Å². The van der Waals surface area contributed by atoms with E-state index in [1.54, 1.807) is 0 Å². The van der Waals surface area contributed by atoms with Gasteiger partial charge in [-0.15, -0.1) is 0 Å². The van der Waals surface area contributed by atoms with E-state index < -0.39 is 0 Å². The van der Waals surface area contributed by atoms with Gasteiger partial charge >= 0.3 is 0 Å². The van der Waals surface area contributed by atoms with Gasteiger partial charge in [0.25, 0.3) is 0 Å². The molecule has 0 aromatic rings. The first-order chi connectivity index (χ1) is 7.18. The summed E-state index contributed by atoms with van der Waals surface area (Å²) in [4.78, 5) is 11.8. The predicted octanol–water partition coefficient (Wildman–Crippen LogP) is 2.16. The fourth-order valence-corrected chi connectivity index (χ4v) is 1.35.